The maximum Gasteiger partial charge on any atom is 0.0339 e. The maximum absolute atomic E-state index is 6.07. The van der Waals surface area contributed by atoms with Crippen LogP contribution in [0.2, 0.25) is 0 Å². The van der Waals surface area contributed by atoms with Crippen LogP contribution in [-0.2, 0) is 0 Å². The van der Waals surface area contributed by atoms with Crippen molar-refractivity contribution in [1.82, 2.24) is 5.32 Å². The first-order valence-corrected chi connectivity index (χ1v) is 3.73. The van der Waals surface area contributed by atoms with Gasteiger partial charge in [0.25, 0.3) is 0 Å². The van der Waals surface area contributed by atoms with Gasteiger partial charge in [0.15, 0.2) is 0 Å². The van der Waals surface area contributed by atoms with Crippen LogP contribution in [0.15, 0.2) is 0 Å². The molecule has 9 heavy (non-hydrogen) atoms. The Kier molecular flexibility index (Phi) is 1.08. The number of nitrogens with two attached hydrogens (primary N) is 1. The van der Waals surface area contributed by atoms with Gasteiger partial charge in [-0.05, 0) is 18.8 Å². The zero-order chi connectivity index (χ0) is 6.32. The van der Waals surface area contributed by atoms with Crippen molar-refractivity contribution in [3.8, 4) is 0 Å². The van der Waals surface area contributed by atoms with E-state index in [1.165, 1.54) is 19.3 Å². The monoisotopic (exact) mass is 125 g/mol. The van der Waals surface area contributed by atoms with Gasteiger partial charge in [0, 0.05) is 18.6 Å². The van der Waals surface area contributed by atoms with E-state index in [9.17, 15) is 0 Å². The minimum absolute atomic E-state index is 0.139. The molecule has 2 nitrogen and oxygen atoms in total. The van der Waals surface area contributed by atoms with Crippen molar-refractivity contribution in [2.45, 2.75) is 24.8 Å². The van der Waals surface area contributed by atoms with Crippen LogP contribution < -0.4 is 11.1 Å². The highest BCUT2D eigenvalue weighted by atomic mass is 15.0. The van der Waals surface area contributed by atoms with Crippen LogP contribution in [0.3, 0.4) is 0 Å². The summed E-state index contributed by atoms with van der Waals surface area (Å²) in [6, 6.07) is 0. The molecule has 2 N–H and O–H groups in total. The first kappa shape index (κ1) is 5.69. The van der Waals surface area contributed by atoms with Gasteiger partial charge in [-0.15, -0.1) is 0 Å². The first-order chi connectivity index (χ1) is 4.31. The van der Waals surface area contributed by atoms with Crippen molar-refractivity contribution in [1.29, 1.82) is 0 Å². The van der Waals surface area contributed by atoms with Crippen LogP contribution in [0.1, 0.15) is 19.3 Å². The predicted molar refractivity (Wildman–Crippen MR) is 36.1 cm³/mol. The van der Waals surface area contributed by atoms with Crippen molar-refractivity contribution >= 4 is 0 Å². The Morgan fingerprint density at radius 2 is 2.44 bits per heavy atom. The number of nitrogens with zero attached hydrogens (tertiary/aromatic N) is 1. The molecule has 0 unspecified atom stereocenters. The normalized spacial score (nSPS) is 49.7. The molecule has 0 aromatic heterocycles. The molecule has 0 spiro atoms. The Bertz CT molecular complexity index is 112. The summed E-state index contributed by atoms with van der Waals surface area (Å²) in [7, 11) is 0. The van der Waals surface area contributed by atoms with E-state index in [1.807, 2.05) is 0 Å². The summed E-state index contributed by atoms with van der Waals surface area (Å²) in [5.41, 5.74) is 6.21. The average molecular weight is 125 g/mol. The third-order valence-electron chi connectivity index (χ3n) is 2.76. The van der Waals surface area contributed by atoms with Crippen LogP contribution in [0.25, 0.3) is 0 Å². The second kappa shape index (κ2) is 1.70. The highest BCUT2D eigenvalue weighted by molar-refractivity contribution is 5.03. The Balaban J connectivity index is 2.17. The molecule has 1 aliphatic carbocycles. The van der Waals surface area contributed by atoms with Crippen LogP contribution in [0.4, 0.5) is 0 Å². The predicted octanol–water partition coefficient (Wildman–Crippen LogP) is 0.102. The van der Waals surface area contributed by atoms with Gasteiger partial charge in [-0.2, -0.15) is 0 Å². The summed E-state index contributed by atoms with van der Waals surface area (Å²) in [5, 5.41) is 4.31. The molecule has 51 valence electrons. The molecule has 0 aromatic carbocycles. The fraction of sp³-hybridized carbons (Fsp3) is 1.00. The minimum atomic E-state index is 0.139. The van der Waals surface area contributed by atoms with Gasteiger partial charge >= 0.3 is 0 Å². The van der Waals surface area contributed by atoms with Crippen LogP contribution in [0, 0.1) is 5.92 Å². The van der Waals surface area contributed by atoms with E-state index in [1.54, 1.807) is 0 Å². The second-order valence-corrected chi connectivity index (χ2v) is 3.39. The van der Waals surface area contributed by atoms with Crippen molar-refractivity contribution in [3.63, 3.8) is 0 Å². The number of rotatable bonds is 0. The van der Waals surface area contributed by atoms with Crippen molar-refractivity contribution in [2.75, 3.05) is 13.1 Å². The van der Waals surface area contributed by atoms with Gasteiger partial charge in [0.2, 0.25) is 0 Å². The smallest absolute Gasteiger partial charge is 0.0339 e. The van der Waals surface area contributed by atoms with Crippen LogP contribution in [0.5, 0.6) is 0 Å². The molecule has 0 bridgehead atoms. The summed E-state index contributed by atoms with van der Waals surface area (Å²) < 4.78 is 0. The fourth-order valence-electron chi connectivity index (χ4n) is 2.08. The van der Waals surface area contributed by atoms with Gasteiger partial charge in [0.05, 0.1) is 0 Å². The van der Waals surface area contributed by atoms with E-state index in [2.05, 4.69) is 5.32 Å². The third kappa shape index (κ3) is 0.700. The van der Waals surface area contributed by atoms with Crippen molar-refractivity contribution in [2.24, 2.45) is 11.7 Å². The van der Waals surface area contributed by atoms with Crippen LogP contribution >= 0.6 is 0 Å². The maximum atomic E-state index is 6.07. The molecule has 1 saturated carbocycles. The largest absolute Gasteiger partial charge is 0.324 e. The molecule has 1 aliphatic heterocycles. The Morgan fingerprint density at radius 1 is 1.56 bits per heavy atom. The molecular weight excluding hydrogens is 112 g/mol. The van der Waals surface area contributed by atoms with E-state index in [0.29, 0.717) is 0 Å². The van der Waals surface area contributed by atoms with Gasteiger partial charge in [-0.3, -0.25) is 0 Å². The lowest BCUT2D eigenvalue weighted by Gasteiger charge is -2.20. The summed E-state index contributed by atoms with van der Waals surface area (Å²) in [6.07, 6.45) is 3.86. The van der Waals surface area contributed by atoms with E-state index in [-0.39, 0.29) is 5.54 Å². The third-order valence-corrected chi connectivity index (χ3v) is 2.76. The molecule has 0 amide bonds. The molecule has 2 aliphatic rings. The number of hydrogen-bond acceptors (Lipinski definition) is 1. The lowest BCUT2D eigenvalue weighted by molar-refractivity contribution is 0.402. The lowest BCUT2D eigenvalue weighted by Crippen LogP contribution is -2.43. The van der Waals surface area contributed by atoms with Gasteiger partial charge in [-0.1, -0.05) is 6.42 Å². The minimum Gasteiger partial charge on any atom is -0.324 e. The summed E-state index contributed by atoms with van der Waals surface area (Å²) in [6.45, 7) is 1.97. The molecule has 2 heteroatoms. The molecule has 2 atom stereocenters. The molecular formula is C7H13N2. The highest BCUT2D eigenvalue weighted by Crippen LogP contribution is 2.36. The molecule has 0 aromatic rings. The van der Waals surface area contributed by atoms with Gasteiger partial charge < -0.3 is 5.73 Å². The molecule has 1 heterocycles. The number of hydrogen-bond donors (Lipinski definition) is 1. The fourth-order valence-corrected chi connectivity index (χ4v) is 2.08. The van der Waals surface area contributed by atoms with Gasteiger partial charge in [0.1, 0.15) is 0 Å². The van der Waals surface area contributed by atoms with E-state index in [4.69, 9.17) is 5.73 Å². The summed E-state index contributed by atoms with van der Waals surface area (Å²) >= 11 is 0. The van der Waals surface area contributed by atoms with E-state index >= 15 is 0 Å². The van der Waals surface area contributed by atoms with Crippen molar-refractivity contribution < 1.29 is 0 Å². The highest BCUT2D eigenvalue weighted by Gasteiger charge is 2.43. The molecule has 1 saturated heterocycles. The van der Waals surface area contributed by atoms with Crippen LogP contribution in [-0.4, -0.2) is 18.6 Å². The Labute approximate surface area is 55.8 Å². The lowest BCUT2D eigenvalue weighted by atomic mass is 9.92. The van der Waals surface area contributed by atoms with E-state index < -0.39 is 0 Å². The topological polar surface area (TPSA) is 40.1 Å². The Hall–Kier alpha value is -0.0800. The zero-order valence-corrected chi connectivity index (χ0v) is 5.64. The van der Waals surface area contributed by atoms with Gasteiger partial charge in [-0.25, -0.2) is 5.32 Å². The van der Waals surface area contributed by atoms with E-state index in [0.717, 1.165) is 19.0 Å². The molecule has 1 radical (unpaired) electrons. The first-order valence-electron chi connectivity index (χ1n) is 3.73. The zero-order valence-electron chi connectivity index (χ0n) is 5.64. The standard InChI is InChI=1S/C7H13N2/c8-7-3-1-2-6(7)4-9-5-7/h6H,1-5,8H2/t6-,7+/m0/s1. The number of fused-ring (bicyclic) bond motifs is 1. The molecule has 2 fully saturated rings. The SMILES string of the molecule is N[C@@]12CCC[C@H]1C[N]C2. The quantitative estimate of drug-likeness (QED) is 0.490. The Morgan fingerprint density at radius 3 is 3.22 bits per heavy atom. The second-order valence-electron chi connectivity index (χ2n) is 3.39. The summed E-state index contributed by atoms with van der Waals surface area (Å²) in [5.74, 6) is 0.734. The molecule has 2 rings (SSSR count). The van der Waals surface area contributed by atoms with Crippen molar-refractivity contribution in [3.05, 3.63) is 0 Å². The summed E-state index contributed by atoms with van der Waals surface area (Å²) in [4.78, 5) is 0. The average Bonchev–Trinajstić information content (AvgIpc) is 2.22.